The minimum absolute atomic E-state index is 0.0240. The zero-order valence-electron chi connectivity index (χ0n) is 14.6. The van der Waals surface area contributed by atoms with Gasteiger partial charge in [0, 0.05) is 19.0 Å². The molecule has 0 bridgehead atoms. The van der Waals surface area contributed by atoms with Crippen molar-refractivity contribution in [3.05, 3.63) is 0 Å². The Labute approximate surface area is 139 Å². The van der Waals surface area contributed by atoms with Gasteiger partial charge in [0.05, 0.1) is 31.5 Å². The van der Waals surface area contributed by atoms with Crippen LogP contribution in [0.25, 0.3) is 0 Å². The van der Waals surface area contributed by atoms with Crippen LogP contribution in [0.1, 0.15) is 33.6 Å². The Morgan fingerprint density at radius 2 is 1.61 bits per heavy atom. The van der Waals surface area contributed by atoms with Gasteiger partial charge in [-0.3, -0.25) is 9.69 Å². The normalized spacial score (nSPS) is 33.1. The van der Waals surface area contributed by atoms with Gasteiger partial charge < -0.3 is 19.1 Å². The van der Waals surface area contributed by atoms with Gasteiger partial charge in [-0.15, -0.1) is 0 Å². The lowest BCUT2D eigenvalue weighted by molar-refractivity contribution is -0.149. The summed E-state index contributed by atoms with van der Waals surface area (Å²) < 4.78 is 17.0. The summed E-state index contributed by atoms with van der Waals surface area (Å²) in [5.74, 6) is 0.707. The average molecular weight is 326 g/mol. The Balaban J connectivity index is 1.50. The maximum atomic E-state index is 12.8. The van der Waals surface area contributed by atoms with E-state index in [4.69, 9.17) is 14.2 Å². The summed E-state index contributed by atoms with van der Waals surface area (Å²) >= 11 is 0. The summed E-state index contributed by atoms with van der Waals surface area (Å²) in [7, 11) is 0. The van der Waals surface area contributed by atoms with Crippen LogP contribution in [0, 0.1) is 5.92 Å². The van der Waals surface area contributed by atoms with Crippen LogP contribution in [-0.2, 0) is 19.0 Å². The Morgan fingerprint density at radius 3 is 2.17 bits per heavy atom. The van der Waals surface area contributed by atoms with Crippen LogP contribution in [0.2, 0.25) is 0 Å². The third-order valence-electron chi connectivity index (χ3n) is 5.24. The van der Waals surface area contributed by atoms with Crippen molar-refractivity contribution in [3.63, 3.8) is 0 Å². The summed E-state index contributed by atoms with van der Waals surface area (Å²) in [6, 6.07) is -0.0566. The van der Waals surface area contributed by atoms with Gasteiger partial charge in [0.15, 0.2) is 6.29 Å². The average Bonchev–Trinajstić information content (AvgIpc) is 3.07. The first-order chi connectivity index (χ1) is 11.0. The van der Waals surface area contributed by atoms with E-state index in [2.05, 4.69) is 4.90 Å². The van der Waals surface area contributed by atoms with Crippen molar-refractivity contribution in [3.8, 4) is 0 Å². The lowest BCUT2D eigenvalue weighted by Crippen LogP contribution is -2.55. The van der Waals surface area contributed by atoms with E-state index in [1.807, 2.05) is 25.7 Å². The summed E-state index contributed by atoms with van der Waals surface area (Å²) in [5.41, 5.74) is 0. The molecule has 0 spiro atoms. The van der Waals surface area contributed by atoms with Gasteiger partial charge in [0.2, 0.25) is 5.91 Å². The number of piperidine rings is 1. The van der Waals surface area contributed by atoms with Crippen LogP contribution in [0.15, 0.2) is 0 Å². The van der Waals surface area contributed by atoms with Crippen molar-refractivity contribution in [1.29, 1.82) is 0 Å². The second-order valence-electron chi connectivity index (χ2n) is 7.16. The van der Waals surface area contributed by atoms with Crippen LogP contribution in [-0.4, -0.2) is 79.6 Å². The molecule has 6 nitrogen and oxygen atoms in total. The predicted octanol–water partition coefficient (Wildman–Crippen LogP) is 1.10. The highest BCUT2D eigenvalue weighted by Gasteiger charge is 2.35. The second kappa shape index (κ2) is 7.47. The minimum atomic E-state index is -0.0566. The van der Waals surface area contributed by atoms with E-state index in [9.17, 15) is 4.79 Å². The number of carbonyl (C=O) groups is 1. The maximum Gasteiger partial charge on any atom is 0.239 e. The summed E-state index contributed by atoms with van der Waals surface area (Å²) in [6.07, 6.45) is 2.30. The first-order valence-electron chi connectivity index (χ1n) is 8.96. The molecule has 3 fully saturated rings. The zero-order chi connectivity index (χ0) is 16.4. The van der Waals surface area contributed by atoms with Crippen molar-refractivity contribution < 1.29 is 19.0 Å². The van der Waals surface area contributed by atoms with E-state index >= 15 is 0 Å². The molecule has 3 saturated heterocycles. The Hall–Kier alpha value is -0.690. The van der Waals surface area contributed by atoms with E-state index in [0.29, 0.717) is 32.2 Å². The molecule has 0 radical (unpaired) electrons. The largest absolute Gasteiger partial charge is 0.372 e. The van der Waals surface area contributed by atoms with E-state index < -0.39 is 0 Å². The SMILES string of the molecule is CC1CN(C(=O)C(C)N2CCC(C3OCCO3)CC2)CC(C)O1. The van der Waals surface area contributed by atoms with Crippen molar-refractivity contribution in [2.24, 2.45) is 5.92 Å². The van der Waals surface area contributed by atoms with Gasteiger partial charge in [-0.25, -0.2) is 0 Å². The number of amides is 1. The number of nitrogens with zero attached hydrogens (tertiary/aromatic N) is 2. The number of morpholine rings is 1. The number of ether oxygens (including phenoxy) is 3. The maximum absolute atomic E-state index is 12.8. The van der Waals surface area contributed by atoms with Crippen LogP contribution in [0.3, 0.4) is 0 Å². The van der Waals surface area contributed by atoms with Crippen LogP contribution in [0.5, 0.6) is 0 Å². The highest BCUT2D eigenvalue weighted by atomic mass is 16.7. The number of likely N-dealkylation sites (tertiary alicyclic amines) is 1. The number of hydrogen-bond acceptors (Lipinski definition) is 5. The number of hydrogen-bond donors (Lipinski definition) is 0. The van der Waals surface area contributed by atoms with Crippen molar-refractivity contribution in [1.82, 2.24) is 9.80 Å². The molecule has 3 heterocycles. The van der Waals surface area contributed by atoms with E-state index in [-0.39, 0.29) is 30.4 Å². The molecule has 3 atom stereocenters. The molecule has 3 aliphatic rings. The smallest absolute Gasteiger partial charge is 0.239 e. The molecular weight excluding hydrogens is 296 g/mol. The molecular formula is C17H30N2O4. The van der Waals surface area contributed by atoms with Crippen molar-refractivity contribution >= 4 is 5.91 Å². The summed E-state index contributed by atoms with van der Waals surface area (Å²) in [4.78, 5) is 17.1. The Bertz CT molecular complexity index is 395. The molecule has 6 heteroatoms. The third kappa shape index (κ3) is 4.05. The number of carbonyl (C=O) groups excluding carboxylic acids is 1. The molecule has 0 aromatic carbocycles. The minimum Gasteiger partial charge on any atom is -0.372 e. The van der Waals surface area contributed by atoms with Crippen LogP contribution >= 0.6 is 0 Å². The van der Waals surface area contributed by atoms with Gasteiger partial charge >= 0.3 is 0 Å². The molecule has 3 rings (SSSR count). The highest BCUT2D eigenvalue weighted by molar-refractivity contribution is 5.81. The zero-order valence-corrected chi connectivity index (χ0v) is 14.6. The molecule has 0 aliphatic carbocycles. The quantitative estimate of drug-likeness (QED) is 0.777. The fourth-order valence-corrected chi connectivity index (χ4v) is 4.01. The monoisotopic (exact) mass is 326 g/mol. The van der Waals surface area contributed by atoms with E-state index in [1.54, 1.807) is 0 Å². The van der Waals surface area contributed by atoms with Gasteiger partial charge in [0.1, 0.15) is 0 Å². The van der Waals surface area contributed by atoms with Crippen LogP contribution < -0.4 is 0 Å². The van der Waals surface area contributed by atoms with Crippen molar-refractivity contribution in [2.75, 3.05) is 39.4 Å². The molecule has 23 heavy (non-hydrogen) atoms. The fraction of sp³-hybridized carbons (Fsp3) is 0.941. The van der Waals surface area contributed by atoms with Crippen LogP contribution in [0.4, 0.5) is 0 Å². The van der Waals surface area contributed by atoms with Gasteiger partial charge in [-0.1, -0.05) is 0 Å². The molecule has 3 unspecified atom stereocenters. The van der Waals surface area contributed by atoms with Gasteiger partial charge in [-0.05, 0) is 46.7 Å². The lowest BCUT2D eigenvalue weighted by Gasteiger charge is -2.41. The van der Waals surface area contributed by atoms with E-state index in [0.717, 1.165) is 25.9 Å². The highest BCUT2D eigenvalue weighted by Crippen LogP contribution is 2.27. The molecule has 0 aromatic heterocycles. The molecule has 0 N–H and O–H groups in total. The first-order valence-corrected chi connectivity index (χ1v) is 8.96. The van der Waals surface area contributed by atoms with Crippen molar-refractivity contribution in [2.45, 2.75) is 58.2 Å². The Morgan fingerprint density at radius 1 is 1.04 bits per heavy atom. The molecule has 1 amide bonds. The first kappa shape index (κ1) is 17.1. The standard InChI is InChI=1S/C17H30N2O4/c1-12-10-19(11-13(2)23-12)16(20)14(3)18-6-4-15(5-7-18)17-21-8-9-22-17/h12-15,17H,4-11H2,1-3H3. The predicted molar refractivity (Wildman–Crippen MR) is 86.0 cm³/mol. The molecule has 3 aliphatic heterocycles. The number of rotatable bonds is 3. The van der Waals surface area contributed by atoms with E-state index in [1.165, 1.54) is 0 Å². The Kier molecular flexibility index (Phi) is 5.57. The third-order valence-corrected chi connectivity index (χ3v) is 5.24. The summed E-state index contributed by atoms with van der Waals surface area (Å²) in [6.45, 7) is 10.8. The molecule has 132 valence electrons. The molecule has 0 aromatic rings. The second-order valence-corrected chi connectivity index (χ2v) is 7.16. The summed E-state index contributed by atoms with van der Waals surface area (Å²) in [5, 5.41) is 0. The lowest BCUT2D eigenvalue weighted by atomic mass is 9.95. The van der Waals surface area contributed by atoms with Gasteiger partial charge in [0.25, 0.3) is 0 Å². The molecule has 0 saturated carbocycles. The topological polar surface area (TPSA) is 51.2 Å². The van der Waals surface area contributed by atoms with Gasteiger partial charge in [-0.2, -0.15) is 0 Å². The fourth-order valence-electron chi connectivity index (χ4n) is 4.01.